The molecule has 0 radical (unpaired) electrons. The van der Waals surface area contributed by atoms with Crippen LogP contribution in [0.2, 0.25) is 0 Å². The Morgan fingerprint density at radius 2 is 1.65 bits per heavy atom. The third kappa shape index (κ3) is 2.33. The van der Waals surface area contributed by atoms with Crippen LogP contribution in [0.25, 0.3) is 0 Å². The zero-order chi connectivity index (χ0) is 12.0. The van der Waals surface area contributed by atoms with Crippen LogP contribution in [0.15, 0.2) is 0 Å². The first-order valence-corrected chi connectivity index (χ1v) is 6.88. The van der Waals surface area contributed by atoms with Gasteiger partial charge in [-0.2, -0.15) is 13.2 Å². The van der Waals surface area contributed by atoms with Crippen molar-refractivity contribution in [2.24, 2.45) is 17.8 Å². The van der Waals surface area contributed by atoms with Gasteiger partial charge in [-0.15, -0.1) is 0 Å². The fourth-order valence-electron chi connectivity index (χ4n) is 3.91. The summed E-state index contributed by atoms with van der Waals surface area (Å²) in [5.74, 6) is 0.431. The second-order valence-electron chi connectivity index (χ2n) is 6.05. The first-order chi connectivity index (χ1) is 8.05. The molecule has 0 aromatic carbocycles. The average molecular weight is 247 g/mol. The molecule has 0 heterocycles. The van der Waals surface area contributed by atoms with E-state index in [1.807, 2.05) is 0 Å². The minimum absolute atomic E-state index is 0.312. The van der Waals surface area contributed by atoms with Crippen LogP contribution in [0, 0.1) is 17.8 Å². The largest absolute Gasteiger partial charge is 0.393 e. The Balaban J connectivity index is 1.63. The lowest BCUT2D eigenvalue weighted by molar-refractivity contribution is -0.189. The van der Waals surface area contributed by atoms with Gasteiger partial charge in [0.25, 0.3) is 0 Å². The standard InChI is InChI=1S/C13H20F3N/c14-13(15,16)10-3-1-2-4-12(10)17-11-6-5-8-7-9(8)11/h8-12,17H,1-7H2/t8-,9+,10?,11?,12?/m0/s1. The molecule has 0 aromatic rings. The molecule has 0 saturated heterocycles. The van der Waals surface area contributed by atoms with Gasteiger partial charge in [0.2, 0.25) is 0 Å². The molecule has 3 fully saturated rings. The molecule has 98 valence electrons. The summed E-state index contributed by atoms with van der Waals surface area (Å²) in [4.78, 5) is 0. The Kier molecular flexibility index (Phi) is 2.88. The number of halogens is 3. The molecule has 5 atom stereocenters. The van der Waals surface area contributed by atoms with Crippen molar-refractivity contribution >= 4 is 0 Å². The summed E-state index contributed by atoms with van der Waals surface area (Å²) < 4.78 is 38.8. The van der Waals surface area contributed by atoms with E-state index in [0.717, 1.165) is 25.2 Å². The Morgan fingerprint density at radius 3 is 2.24 bits per heavy atom. The lowest BCUT2D eigenvalue weighted by Gasteiger charge is -2.35. The molecule has 3 saturated carbocycles. The topological polar surface area (TPSA) is 12.0 Å². The van der Waals surface area contributed by atoms with Gasteiger partial charge in [0, 0.05) is 12.1 Å². The van der Waals surface area contributed by atoms with Gasteiger partial charge in [-0.25, -0.2) is 0 Å². The van der Waals surface area contributed by atoms with Gasteiger partial charge >= 0.3 is 6.18 Å². The maximum Gasteiger partial charge on any atom is 0.393 e. The highest BCUT2D eigenvalue weighted by molar-refractivity contribution is 5.03. The van der Waals surface area contributed by atoms with Crippen molar-refractivity contribution in [2.45, 2.75) is 63.2 Å². The van der Waals surface area contributed by atoms with Crippen LogP contribution in [0.3, 0.4) is 0 Å². The van der Waals surface area contributed by atoms with Crippen molar-refractivity contribution < 1.29 is 13.2 Å². The highest BCUT2D eigenvalue weighted by atomic mass is 19.4. The minimum atomic E-state index is -4.01. The van der Waals surface area contributed by atoms with Gasteiger partial charge in [-0.1, -0.05) is 12.8 Å². The third-order valence-corrected chi connectivity index (χ3v) is 4.96. The Bertz CT molecular complexity index is 289. The molecule has 0 amide bonds. The molecular weight excluding hydrogens is 227 g/mol. The molecule has 0 bridgehead atoms. The number of rotatable bonds is 2. The smallest absolute Gasteiger partial charge is 0.310 e. The Labute approximate surface area is 100 Å². The molecule has 3 aliphatic rings. The fourth-order valence-corrected chi connectivity index (χ4v) is 3.91. The van der Waals surface area contributed by atoms with E-state index in [1.54, 1.807) is 0 Å². The lowest BCUT2D eigenvalue weighted by atomic mass is 9.83. The van der Waals surface area contributed by atoms with E-state index in [0.29, 0.717) is 24.8 Å². The van der Waals surface area contributed by atoms with Gasteiger partial charge in [0.15, 0.2) is 0 Å². The zero-order valence-corrected chi connectivity index (χ0v) is 9.97. The number of fused-ring (bicyclic) bond motifs is 1. The predicted octanol–water partition coefficient (Wildman–Crippen LogP) is 3.50. The van der Waals surface area contributed by atoms with Crippen molar-refractivity contribution in [3.8, 4) is 0 Å². The van der Waals surface area contributed by atoms with Crippen molar-refractivity contribution in [3.63, 3.8) is 0 Å². The number of hydrogen-bond acceptors (Lipinski definition) is 1. The second-order valence-corrected chi connectivity index (χ2v) is 6.05. The molecule has 17 heavy (non-hydrogen) atoms. The van der Waals surface area contributed by atoms with Crippen LogP contribution in [0.1, 0.15) is 44.9 Å². The number of nitrogens with one attached hydrogen (secondary N) is 1. The fraction of sp³-hybridized carbons (Fsp3) is 1.00. The molecule has 3 unspecified atom stereocenters. The van der Waals surface area contributed by atoms with Crippen molar-refractivity contribution in [2.75, 3.05) is 0 Å². The third-order valence-electron chi connectivity index (χ3n) is 4.96. The number of alkyl halides is 3. The molecule has 3 aliphatic carbocycles. The van der Waals surface area contributed by atoms with E-state index >= 15 is 0 Å². The van der Waals surface area contributed by atoms with Gasteiger partial charge < -0.3 is 5.32 Å². The van der Waals surface area contributed by atoms with Gasteiger partial charge in [-0.05, 0) is 43.9 Å². The summed E-state index contributed by atoms with van der Waals surface area (Å²) in [7, 11) is 0. The molecule has 0 aliphatic heterocycles. The summed E-state index contributed by atoms with van der Waals surface area (Å²) in [5, 5.41) is 3.35. The van der Waals surface area contributed by atoms with Gasteiger partial charge in [0.05, 0.1) is 5.92 Å². The zero-order valence-electron chi connectivity index (χ0n) is 9.97. The quantitative estimate of drug-likeness (QED) is 0.787. The summed E-state index contributed by atoms with van der Waals surface area (Å²) >= 11 is 0. The maximum atomic E-state index is 12.9. The van der Waals surface area contributed by atoms with Crippen molar-refractivity contribution in [3.05, 3.63) is 0 Å². The summed E-state index contributed by atoms with van der Waals surface area (Å²) in [6, 6.07) is 0.0704. The first kappa shape index (κ1) is 11.8. The highest BCUT2D eigenvalue weighted by Gasteiger charge is 2.51. The summed E-state index contributed by atoms with van der Waals surface area (Å²) in [6.45, 7) is 0. The van der Waals surface area contributed by atoms with Crippen molar-refractivity contribution in [1.29, 1.82) is 0 Å². The molecule has 0 aromatic heterocycles. The molecule has 1 nitrogen and oxygen atoms in total. The van der Waals surface area contributed by atoms with E-state index in [2.05, 4.69) is 5.32 Å². The average Bonchev–Trinajstić information content (AvgIpc) is 2.95. The molecule has 1 N–H and O–H groups in total. The monoisotopic (exact) mass is 247 g/mol. The highest BCUT2D eigenvalue weighted by Crippen LogP contribution is 2.52. The van der Waals surface area contributed by atoms with Crippen LogP contribution in [0.4, 0.5) is 13.2 Å². The lowest BCUT2D eigenvalue weighted by Crippen LogP contribution is -2.49. The van der Waals surface area contributed by atoms with Gasteiger partial charge in [0.1, 0.15) is 0 Å². The van der Waals surface area contributed by atoms with Crippen LogP contribution in [-0.4, -0.2) is 18.3 Å². The normalized spacial score (nSPS) is 45.7. The molecule has 3 rings (SSSR count). The number of hydrogen-bond donors (Lipinski definition) is 1. The summed E-state index contributed by atoms with van der Waals surface area (Å²) in [5.41, 5.74) is 0. The van der Waals surface area contributed by atoms with E-state index in [-0.39, 0.29) is 6.04 Å². The van der Waals surface area contributed by atoms with E-state index in [9.17, 15) is 13.2 Å². The SMILES string of the molecule is FC(F)(F)C1CCCCC1NC1CC[C@H]2C[C@@H]12. The van der Waals surface area contributed by atoms with Crippen LogP contribution >= 0.6 is 0 Å². The Hall–Kier alpha value is -0.250. The molecule has 0 spiro atoms. The van der Waals surface area contributed by atoms with E-state index in [4.69, 9.17) is 0 Å². The second kappa shape index (κ2) is 4.15. The van der Waals surface area contributed by atoms with Crippen LogP contribution < -0.4 is 5.32 Å². The molecular formula is C13H20F3N. The van der Waals surface area contributed by atoms with E-state index < -0.39 is 12.1 Å². The minimum Gasteiger partial charge on any atom is -0.310 e. The Morgan fingerprint density at radius 1 is 0.882 bits per heavy atom. The summed E-state index contributed by atoms with van der Waals surface area (Å²) in [6.07, 6.45) is 2.27. The van der Waals surface area contributed by atoms with Crippen LogP contribution in [0.5, 0.6) is 0 Å². The predicted molar refractivity (Wildman–Crippen MR) is 59.6 cm³/mol. The molecule has 4 heteroatoms. The maximum absolute atomic E-state index is 12.9. The van der Waals surface area contributed by atoms with Crippen molar-refractivity contribution in [1.82, 2.24) is 5.32 Å². The van der Waals surface area contributed by atoms with Crippen LogP contribution in [-0.2, 0) is 0 Å². The first-order valence-electron chi connectivity index (χ1n) is 6.88. The van der Waals surface area contributed by atoms with E-state index in [1.165, 1.54) is 12.8 Å². The van der Waals surface area contributed by atoms with Gasteiger partial charge in [-0.3, -0.25) is 0 Å².